The van der Waals surface area contributed by atoms with E-state index in [1.807, 2.05) is 6.07 Å². The Labute approximate surface area is 171 Å². The third-order valence-electron chi connectivity index (χ3n) is 4.69. The summed E-state index contributed by atoms with van der Waals surface area (Å²) in [7, 11) is 1.49. The van der Waals surface area contributed by atoms with Crippen LogP contribution >= 0.6 is 11.6 Å². The van der Waals surface area contributed by atoms with Crippen molar-refractivity contribution >= 4 is 23.1 Å². The zero-order chi connectivity index (χ0) is 20.5. The van der Waals surface area contributed by atoms with E-state index in [1.165, 1.54) is 17.7 Å². The van der Waals surface area contributed by atoms with Gasteiger partial charge in [-0.3, -0.25) is 4.40 Å². The van der Waals surface area contributed by atoms with Gasteiger partial charge in [-0.05, 0) is 41.0 Å². The molecule has 0 saturated heterocycles. The minimum Gasteiger partial charge on any atom is -0.496 e. The second kappa shape index (κ2) is 7.56. The topological polar surface area (TPSA) is 63.8 Å². The molecule has 2 heterocycles. The third kappa shape index (κ3) is 3.54. The Balaban J connectivity index is 1.78. The molecule has 2 aromatic carbocycles. The lowest BCUT2D eigenvalue weighted by atomic mass is 9.97. The summed E-state index contributed by atoms with van der Waals surface area (Å²) in [5.74, 6) is -1.21. The number of aromatic nitrogens is 2. The highest BCUT2D eigenvalue weighted by Gasteiger charge is 2.17. The van der Waals surface area contributed by atoms with E-state index >= 15 is 4.39 Å². The Morgan fingerprint density at radius 2 is 2.07 bits per heavy atom. The molecule has 4 rings (SSSR count). The van der Waals surface area contributed by atoms with Gasteiger partial charge in [0.15, 0.2) is 0 Å². The standard InChI is InChI=1S/C22H16ClFN2O3/c1-29-18-8-6-15(20(24)19(18)14-3-2-4-16(23)10-14)9-13-5-7-17-11-25-21(22(27)28)26(17)12-13/h2-8,10-12H,9H2,1H3,(H,27,28). The van der Waals surface area contributed by atoms with Crippen LogP contribution in [0, 0.1) is 5.82 Å². The van der Waals surface area contributed by atoms with Crippen molar-refractivity contribution in [1.82, 2.24) is 9.38 Å². The third-order valence-corrected chi connectivity index (χ3v) is 4.93. The van der Waals surface area contributed by atoms with Crippen LogP contribution in [0.15, 0.2) is 60.9 Å². The van der Waals surface area contributed by atoms with Gasteiger partial charge in [-0.25, -0.2) is 14.2 Å². The average molecular weight is 411 g/mol. The quantitative estimate of drug-likeness (QED) is 0.497. The molecule has 2 aromatic heterocycles. The minimum absolute atomic E-state index is 0.0864. The number of rotatable bonds is 5. The predicted molar refractivity (Wildman–Crippen MR) is 108 cm³/mol. The molecule has 0 bridgehead atoms. The maximum Gasteiger partial charge on any atom is 0.372 e. The zero-order valence-electron chi connectivity index (χ0n) is 15.4. The second-order valence-corrected chi connectivity index (χ2v) is 6.96. The fourth-order valence-corrected chi connectivity index (χ4v) is 3.53. The normalized spacial score (nSPS) is 11.0. The number of methoxy groups -OCH3 is 1. The number of ether oxygens (including phenoxy) is 1. The van der Waals surface area contributed by atoms with Crippen LogP contribution in [0.25, 0.3) is 16.6 Å². The Hall–Kier alpha value is -3.38. The fourth-order valence-electron chi connectivity index (χ4n) is 3.34. The summed E-state index contributed by atoms with van der Waals surface area (Å²) in [6.45, 7) is 0. The molecule has 0 aliphatic rings. The Bertz CT molecular complexity index is 1240. The number of carboxylic acid groups (broad SMARTS) is 1. The van der Waals surface area contributed by atoms with Crippen molar-refractivity contribution < 1.29 is 19.0 Å². The van der Waals surface area contributed by atoms with E-state index in [0.29, 0.717) is 33.0 Å². The molecule has 0 amide bonds. The number of imidazole rings is 1. The van der Waals surface area contributed by atoms with Crippen LogP contribution < -0.4 is 4.74 Å². The van der Waals surface area contributed by atoms with Crippen molar-refractivity contribution in [2.24, 2.45) is 0 Å². The van der Waals surface area contributed by atoms with Crippen LogP contribution in [-0.4, -0.2) is 27.6 Å². The van der Waals surface area contributed by atoms with Crippen molar-refractivity contribution in [3.63, 3.8) is 0 Å². The first-order chi connectivity index (χ1) is 14.0. The number of hydrogen-bond donors (Lipinski definition) is 1. The van der Waals surface area contributed by atoms with E-state index in [9.17, 15) is 9.90 Å². The zero-order valence-corrected chi connectivity index (χ0v) is 16.2. The number of halogens is 2. The van der Waals surface area contributed by atoms with Crippen LogP contribution in [0.3, 0.4) is 0 Å². The van der Waals surface area contributed by atoms with E-state index < -0.39 is 11.8 Å². The van der Waals surface area contributed by atoms with Gasteiger partial charge in [0.1, 0.15) is 11.6 Å². The summed E-state index contributed by atoms with van der Waals surface area (Å²) in [6, 6.07) is 13.9. The van der Waals surface area contributed by atoms with Crippen LogP contribution in [0.4, 0.5) is 4.39 Å². The summed E-state index contributed by atoms with van der Waals surface area (Å²) in [6.07, 6.45) is 3.42. The molecular formula is C22H16ClFN2O3. The van der Waals surface area contributed by atoms with Crippen LogP contribution in [-0.2, 0) is 6.42 Å². The summed E-state index contributed by atoms with van der Waals surface area (Å²) >= 11 is 6.08. The highest BCUT2D eigenvalue weighted by Crippen LogP contribution is 2.36. The SMILES string of the molecule is COc1ccc(Cc2ccc3cnc(C(=O)O)n3c2)c(F)c1-c1cccc(Cl)c1. The van der Waals surface area contributed by atoms with Gasteiger partial charge in [0, 0.05) is 17.6 Å². The number of pyridine rings is 1. The number of hydrogen-bond acceptors (Lipinski definition) is 3. The molecule has 0 unspecified atom stereocenters. The predicted octanol–water partition coefficient (Wildman–Crippen LogP) is 5.09. The largest absolute Gasteiger partial charge is 0.496 e. The van der Waals surface area contributed by atoms with Gasteiger partial charge >= 0.3 is 5.97 Å². The molecule has 4 aromatic rings. The lowest BCUT2D eigenvalue weighted by molar-refractivity contribution is 0.0683. The molecule has 0 aliphatic heterocycles. The van der Waals surface area contributed by atoms with Gasteiger partial charge < -0.3 is 9.84 Å². The number of carbonyl (C=O) groups is 1. The van der Waals surface area contributed by atoms with Gasteiger partial charge in [0.05, 0.1) is 24.4 Å². The molecule has 0 saturated carbocycles. The highest BCUT2D eigenvalue weighted by molar-refractivity contribution is 6.30. The van der Waals surface area contributed by atoms with E-state index in [2.05, 4.69) is 4.98 Å². The molecular weight excluding hydrogens is 395 g/mol. The maximum absolute atomic E-state index is 15.4. The van der Waals surface area contributed by atoms with Gasteiger partial charge in [-0.15, -0.1) is 0 Å². The van der Waals surface area contributed by atoms with Crippen LogP contribution in [0.1, 0.15) is 21.7 Å². The highest BCUT2D eigenvalue weighted by atomic mass is 35.5. The van der Waals surface area contributed by atoms with Gasteiger partial charge in [0.2, 0.25) is 5.82 Å². The van der Waals surface area contributed by atoms with E-state index in [0.717, 1.165) is 5.56 Å². The lowest BCUT2D eigenvalue weighted by Gasteiger charge is -2.14. The number of nitrogens with zero attached hydrogens (tertiary/aromatic N) is 2. The molecule has 0 fully saturated rings. The molecule has 0 atom stereocenters. The Kier molecular flexibility index (Phi) is 4.94. The molecule has 0 aliphatic carbocycles. The first-order valence-electron chi connectivity index (χ1n) is 8.78. The maximum atomic E-state index is 15.4. The number of benzene rings is 2. The van der Waals surface area contributed by atoms with Crippen molar-refractivity contribution in [2.75, 3.05) is 7.11 Å². The van der Waals surface area contributed by atoms with Gasteiger partial charge in [-0.2, -0.15) is 0 Å². The van der Waals surface area contributed by atoms with Gasteiger partial charge in [0.25, 0.3) is 0 Å². The molecule has 0 radical (unpaired) electrons. The Morgan fingerprint density at radius 1 is 1.24 bits per heavy atom. The van der Waals surface area contributed by atoms with E-state index in [1.54, 1.807) is 48.7 Å². The first-order valence-corrected chi connectivity index (χ1v) is 9.16. The van der Waals surface area contributed by atoms with E-state index in [4.69, 9.17) is 16.3 Å². The molecule has 0 spiro atoms. The number of fused-ring (bicyclic) bond motifs is 1. The van der Waals surface area contributed by atoms with Crippen molar-refractivity contribution in [1.29, 1.82) is 0 Å². The summed E-state index contributed by atoms with van der Waals surface area (Å²) in [4.78, 5) is 15.2. The minimum atomic E-state index is -1.12. The van der Waals surface area contributed by atoms with Crippen molar-refractivity contribution in [2.45, 2.75) is 6.42 Å². The molecule has 29 heavy (non-hydrogen) atoms. The van der Waals surface area contributed by atoms with Crippen molar-refractivity contribution in [3.8, 4) is 16.9 Å². The lowest BCUT2D eigenvalue weighted by Crippen LogP contribution is -2.05. The van der Waals surface area contributed by atoms with Crippen LogP contribution in [0.2, 0.25) is 5.02 Å². The smallest absolute Gasteiger partial charge is 0.372 e. The molecule has 7 heteroatoms. The molecule has 5 nitrogen and oxygen atoms in total. The second-order valence-electron chi connectivity index (χ2n) is 6.52. The number of aromatic carboxylic acids is 1. The Morgan fingerprint density at radius 3 is 2.79 bits per heavy atom. The molecule has 1 N–H and O–H groups in total. The van der Waals surface area contributed by atoms with Crippen molar-refractivity contribution in [3.05, 3.63) is 88.7 Å². The number of carboxylic acids is 1. The van der Waals surface area contributed by atoms with Gasteiger partial charge in [-0.1, -0.05) is 35.9 Å². The fraction of sp³-hybridized carbons (Fsp3) is 0.0909. The summed E-state index contributed by atoms with van der Waals surface area (Å²) in [5.41, 5.74) is 2.81. The van der Waals surface area contributed by atoms with E-state index in [-0.39, 0.29) is 12.2 Å². The monoisotopic (exact) mass is 410 g/mol. The van der Waals surface area contributed by atoms with Crippen LogP contribution in [0.5, 0.6) is 5.75 Å². The summed E-state index contributed by atoms with van der Waals surface area (Å²) < 4.78 is 22.3. The molecule has 146 valence electrons. The first kappa shape index (κ1) is 19.0. The average Bonchev–Trinajstić information content (AvgIpc) is 3.13. The summed E-state index contributed by atoms with van der Waals surface area (Å²) in [5, 5.41) is 9.77.